The minimum absolute atomic E-state index is 0.0457. The summed E-state index contributed by atoms with van der Waals surface area (Å²) < 4.78 is 11.0. The Labute approximate surface area is 189 Å². The van der Waals surface area contributed by atoms with Crippen molar-refractivity contribution in [2.45, 2.75) is 0 Å². The van der Waals surface area contributed by atoms with Gasteiger partial charge in [0.25, 0.3) is 5.91 Å². The number of fused-ring (bicyclic) bond motifs is 1. The molecule has 31 heavy (non-hydrogen) atoms. The number of thiocarbonyl (C=S) groups is 1. The molecule has 0 aromatic heterocycles. The van der Waals surface area contributed by atoms with Gasteiger partial charge in [0.05, 0.1) is 5.69 Å². The second kappa shape index (κ2) is 9.16. The maximum absolute atomic E-state index is 12.9. The van der Waals surface area contributed by atoms with Gasteiger partial charge in [-0.2, -0.15) is 0 Å². The van der Waals surface area contributed by atoms with Gasteiger partial charge in [-0.05, 0) is 48.6 Å². The first-order valence-electron chi connectivity index (χ1n) is 9.42. The summed E-state index contributed by atoms with van der Waals surface area (Å²) in [7, 11) is 0. The molecule has 0 unspecified atom stereocenters. The van der Waals surface area contributed by atoms with Crippen LogP contribution in [0.2, 0.25) is 5.02 Å². The van der Waals surface area contributed by atoms with Crippen molar-refractivity contribution < 1.29 is 19.1 Å². The molecule has 0 saturated heterocycles. The third kappa shape index (κ3) is 4.84. The van der Waals surface area contributed by atoms with E-state index in [0.717, 1.165) is 0 Å². The lowest BCUT2D eigenvalue weighted by atomic mass is 10.0. The summed E-state index contributed by atoms with van der Waals surface area (Å²) in [6.45, 7) is 0.893. The lowest BCUT2D eigenvalue weighted by Gasteiger charge is -2.19. The third-order valence-corrected chi connectivity index (χ3v) is 4.98. The Morgan fingerprint density at radius 2 is 1.61 bits per heavy atom. The Hall–Kier alpha value is -3.42. The van der Waals surface area contributed by atoms with Gasteiger partial charge in [0.2, 0.25) is 0 Å². The van der Waals surface area contributed by atoms with Crippen LogP contribution in [0.15, 0.2) is 66.7 Å². The summed E-state index contributed by atoms with van der Waals surface area (Å²) in [5.74, 6) is 0.464. The van der Waals surface area contributed by atoms with Crippen molar-refractivity contribution in [2.24, 2.45) is 0 Å². The Morgan fingerprint density at radius 3 is 2.39 bits per heavy atom. The zero-order valence-corrected chi connectivity index (χ0v) is 17.8. The van der Waals surface area contributed by atoms with Gasteiger partial charge in [-0.15, -0.1) is 0 Å². The van der Waals surface area contributed by atoms with E-state index >= 15 is 0 Å². The van der Waals surface area contributed by atoms with Crippen molar-refractivity contribution in [3.05, 3.63) is 88.4 Å². The van der Waals surface area contributed by atoms with Crippen LogP contribution in [-0.2, 0) is 0 Å². The van der Waals surface area contributed by atoms with Gasteiger partial charge in [0.15, 0.2) is 22.4 Å². The predicted molar refractivity (Wildman–Crippen MR) is 122 cm³/mol. The molecule has 0 fully saturated rings. The molecule has 6 nitrogen and oxygen atoms in total. The highest BCUT2D eigenvalue weighted by Crippen LogP contribution is 2.30. The summed E-state index contributed by atoms with van der Waals surface area (Å²) in [5.41, 5.74) is 1.66. The van der Waals surface area contributed by atoms with E-state index in [-0.39, 0.29) is 10.9 Å². The number of halogens is 1. The highest BCUT2D eigenvalue weighted by molar-refractivity contribution is 7.80. The molecule has 1 aliphatic rings. The highest BCUT2D eigenvalue weighted by atomic mass is 35.5. The number of benzene rings is 3. The van der Waals surface area contributed by atoms with E-state index in [1.807, 2.05) is 6.07 Å². The number of rotatable bonds is 4. The topological polar surface area (TPSA) is 76.7 Å². The molecule has 1 heterocycles. The standard InChI is InChI=1S/C23H17ClN2O4S/c24-16-7-8-18(17(13-16)21(27)14-4-2-1-3-5-14)25-23(31)26-22(28)15-6-9-19-20(12-15)30-11-10-29-19/h1-9,12-13H,10-11H2,(H2,25,26,28,31). The van der Waals surface area contributed by atoms with Crippen LogP contribution in [0.25, 0.3) is 0 Å². The maximum atomic E-state index is 12.9. The Kier molecular flexibility index (Phi) is 6.16. The fourth-order valence-electron chi connectivity index (χ4n) is 3.07. The van der Waals surface area contributed by atoms with Crippen LogP contribution in [-0.4, -0.2) is 30.0 Å². The number of hydrogen-bond donors (Lipinski definition) is 2. The van der Waals surface area contributed by atoms with E-state index in [1.165, 1.54) is 0 Å². The minimum atomic E-state index is -0.417. The SMILES string of the molecule is O=C(NC(=S)Nc1ccc(Cl)cc1C(=O)c1ccccc1)c1ccc2c(c1)OCCO2. The van der Waals surface area contributed by atoms with Gasteiger partial charge < -0.3 is 14.8 Å². The zero-order chi connectivity index (χ0) is 21.8. The molecule has 2 N–H and O–H groups in total. The maximum Gasteiger partial charge on any atom is 0.257 e. The number of ether oxygens (including phenoxy) is 2. The molecule has 0 saturated carbocycles. The molecule has 1 aliphatic heterocycles. The lowest BCUT2D eigenvalue weighted by Crippen LogP contribution is -2.34. The van der Waals surface area contributed by atoms with Gasteiger partial charge in [-0.3, -0.25) is 14.9 Å². The zero-order valence-electron chi connectivity index (χ0n) is 16.2. The summed E-state index contributed by atoms with van der Waals surface area (Å²) >= 11 is 11.4. The minimum Gasteiger partial charge on any atom is -0.486 e. The van der Waals surface area contributed by atoms with E-state index < -0.39 is 5.91 Å². The predicted octanol–water partition coefficient (Wildman–Crippen LogP) is 4.47. The number of nitrogens with one attached hydrogen (secondary N) is 2. The number of hydrogen-bond acceptors (Lipinski definition) is 5. The van der Waals surface area contributed by atoms with Crippen molar-refractivity contribution in [2.75, 3.05) is 18.5 Å². The number of amides is 1. The first-order valence-corrected chi connectivity index (χ1v) is 10.2. The van der Waals surface area contributed by atoms with Crippen molar-refractivity contribution in [3.63, 3.8) is 0 Å². The van der Waals surface area contributed by atoms with Crippen LogP contribution in [0.3, 0.4) is 0 Å². The Balaban J connectivity index is 1.50. The van der Waals surface area contributed by atoms with E-state index in [9.17, 15) is 9.59 Å². The van der Waals surface area contributed by atoms with Gasteiger partial charge >= 0.3 is 0 Å². The van der Waals surface area contributed by atoms with Gasteiger partial charge in [-0.1, -0.05) is 41.9 Å². The van der Waals surface area contributed by atoms with Crippen molar-refractivity contribution in [1.29, 1.82) is 0 Å². The van der Waals surface area contributed by atoms with Crippen molar-refractivity contribution in [1.82, 2.24) is 5.32 Å². The quantitative estimate of drug-likeness (QED) is 0.449. The lowest BCUT2D eigenvalue weighted by molar-refractivity contribution is 0.0975. The molecular formula is C23H17ClN2O4S. The summed E-state index contributed by atoms with van der Waals surface area (Å²) in [5, 5.41) is 5.99. The van der Waals surface area contributed by atoms with Crippen LogP contribution in [0, 0.1) is 0 Å². The van der Waals surface area contributed by atoms with Crippen LogP contribution in [0.1, 0.15) is 26.3 Å². The molecule has 3 aromatic rings. The Bertz CT molecular complexity index is 1170. The van der Waals surface area contributed by atoms with Crippen LogP contribution < -0.4 is 20.1 Å². The number of carbonyl (C=O) groups is 2. The fourth-order valence-corrected chi connectivity index (χ4v) is 3.45. The summed E-state index contributed by atoms with van der Waals surface area (Å²) in [6, 6.07) is 18.6. The molecule has 1 amide bonds. The number of ketones is 1. The number of carbonyl (C=O) groups excluding carboxylic acids is 2. The molecule has 4 rings (SSSR count). The first kappa shape index (κ1) is 20.8. The van der Waals surface area contributed by atoms with Crippen molar-refractivity contribution in [3.8, 4) is 11.5 Å². The molecule has 0 spiro atoms. The van der Waals surface area contributed by atoms with E-state index in [2.05, 4.69) is 10.6 Å². The smallest absolute Gasteiger partial charge is 0.257 e. The monoisotopic (exact) mass is 452 g/mol. The molecule has 0 bridgehead atoms. The first-order chi connectivity index (χ1) is 15.0. The van der Waals surface area contributed by atoms with E-state index in [1.54, 1.807) is 60.7 Å². The highest BCUT2D eigenvalue weighted by Gasteiger charge is 2.18. The largest absolute Gasteiger partial charge is 0.486 e. The molecule has 156 valence electrons. The Morgan fingerprint density at radius 1 is 0.871 bits per heavy atom. The molecule has 0 aliphatic carbocycles. The van der Waals surface area contributed by atoms with Crippen LogP contribution in [0.4, 0.5) is 5.69 Å². The average Bonchev–Trinajstić information content (AvgIpc) is 2.80. The van der Waals surface area contributed by atoms with Crippen molar-refractivity contribution >= 4 is 46.3 Å². The van der Waals surface area contributed by atoms with Crippen LogP contribution in [0.5, 0.6) is 11.5 Å². The van der Waals surface area contributed by atoms with Gasteiger partial charge in [-0.25, -0.2) is 0 Å². The summed E-state index contributed by atoms with van der Waals surface area (Å²) in [4.78, 5) is 25.5. The molecule has 3 aromatic carbocycles. The van der Waals surface area contributed by atoms with Gasteiger partial charge in [0, 0.05) is 21.7 Å². The molecule has 0 radical (unpaired) electrons. The van der Waals surface area contributed by atoms with Crippen LogP contribution >= 0.6 is 23.8 Å². The molecular weight excluding hydrogens is 436 g/mol. The third-order valence-electron chi connectivity index (χ3n) is 4.54. The second-order valence-electron chi connectivity index (χ2n) is 6.65. The average molecular weight is 453 g/mol. The van der Waals surface area contributed by atoms with Gasteiger partial charge in [0.1, 0.15) is 13.2 Å². The fraction of sp³-hybridized carbons (Fsp3) is 0.0870. The van der Waals surface area contributed by atoms with E-state index in [0.29, 0.717) is 52.1 Å². The second-order valence-corrected chi connectivity index (χ2v) is 7.50. The molecule has 0 atom stereocenters. The summed E-state index contributed by atoms with van der Waals surface area (Å²) in [6.07, 6.45) is 0. The van der Waals surface area contributed by atoms with E-state index in [4.69, 9.17) is 33.3 Å². The molecule has 8 heteroatoms. The normalized spacial score (nSPS) is 12.0. The number of anilines is 1.